The molecule has 2 N–H and O–H groups in total. The minimum atomic E-state index is -0.857. The summed E-state index contributed by atoms with van der Waals surface area (Å²) >= 11 is 0. The van der Waals surface area contributed by atoms with E-state index < -0.39 is 11.3 Å². The number of rotatable bonds is 5. The Morgan fingerprint density at radius 1 is 1.41 bits per heavy atom. The van der Waals surface area contributed by atoms with Crippen LogP contribution in [0.3, 0.4) is 0 Å². The number of carbonyl (C=O) groups excluding carboxylic acids is 1. The van der Waals surface area contributed by atoms with Crippen molar-refractivity contribution in [2.45, 2.75) is 39.5 Å². The van der Waals surface area contributed by atoms with Gasteiger partial charge >= 0.3 is 0 Å². The van der Waals surface area contributed by atoms with Crippen molar-refractivity contribution in [1.82, 2.24) is 4.73 Å². The van der Waals surface area contributed by atoms with Gasteiger partial charge in [-0.15, -0.1) is 0 Å². The SMILES string of the molecule is CCCCCC(=O)c1c(O)cc(C)n(O)c1=O. The van der Waals surface area contributed by atoms with Crippen LogP contribution in [-0.4, -0.2) is 20.8 Å². The third kappa shape index (κ3) is 2.87. The molecule has 0 aliphatic heterocycles. The van der Waals surface area contributed by atoms with E-state index in [1.165, 1.54) is 13.0 Å². The highest BCUT2D eigenvalue weighted by atomic mass is 16.5. The summed E-state index contributed by atoms with van der Waals surface area (Å²) in [6.07, 6.45) is 2.75. The summed E-state index contributed by atoms with van der Waals surface area (Å²) < 4.78 is 0.382. The third-order valence-electron chi connectivity index (χ3n) is 2.63. The van der Waals surface area contributed by atoms with Crippen LogP contribution in [0.5, 0.6) is 5.75 Å². The Bertz CT molecular complexity index is 476. The van der Waals surface area contributed by atoms with Crippen molar-refractivity contribution in [3.05, 3.63) is 27.7 Å². The molecule has 0 radical (unpaired) electrons. The predicted molar refractivity (Wildman–Crippen MR) is 62.8 cm³/mol. The van der Waals surface area contributed by atoms with E-state index in [9.17, 15) is 19.9 Å². The van der Waals surface area contributed by atoms with E-state index in [1.807, 2.05) is 6.92 Å². The Kier molecular flexibility index (Phi) is 4.31. The second-order valence-corrected chi connectivity index (χ2v) is 4.04. The molecule has 1 heterocycles. The number of unbranched alkanes of at least 4 members (excludes halogenated alkanes) is 2. The maximum absolute atomic E-state index is 11.7. The smallest absolute Gasteiger partial charge is 0.297 e. The van der Waals surface area contributed by atoms with Crippen LogP contribution in [0.4, 0.5) is 0 Å². The molecular formula is C12H17NO4. The molecule has 0 atom stereocenters. The second-order valence-electron chi connectivity index (χ2n) is 4.04. The average Bonchev–Trinajstić information content (AvgIpc) is 2.26. The van der Waals surface area contributed by atoms with Gasteiger partial charge in [-0.3, -0.25) is 9.59 Å². The van der Waals surface area contributed by atoms with E-state index in [-0.39, 0.29) is 23.4 Å². The number of Topliss-reactive ketones (excluding diaryl/α,β-unsaturated/α-hetero) is 1. The van der Waals surface area contributed by atoms with Crippen LogP contribution < -0.4 is 5.56 Å². The Hall–Kier alpha value is -1.78. The fourth-order valence-electron chi connectivity index (χ4n) is 1.63. The van der Waals surface area contributed by atoms with Gasteiger partial charge in [-0.05, 0) is 13.3 Å². The zero-order chi connectivity index (χ0) is 13.0. The highest BCUT2D eigenvalue weighted by molar-refractivity contribution is 5.98. The van der Waals surface area contributed by atoms with E-state index in [0.717, 1.165) is 12.8 Å². The van der Waals surface area contributed by atoms with Crippen LogP contribution >= 0.6 is 0 Å². The maximum Gasteiger partial charge on any atom is 0.297 e. The number of aryl methyl sites for hydroxylation is 1. The number of hydrogen-bond donors (Lipinski definition) is 2. The summed E-state index contributed by atoms with van der Waals surface area (Å²) in [5.41, 5.74) is -0.990. The highest BCUT2D eigenvalue weighted by Gasteiger charge is 2.18. The summed E-state index contributed by atoms with van der Waals surface area (Å²) in [6.45, 7) is 3.47. The van der Waals surface area contributed by atoms with E-state index in [2.05, 4.69) is 0 Å². The lowest BCUT2D eigenvalue weighted by molar-refractivity contribution is 0.0966. The van der Waals surface area contributed by atoms with Gasteiger partial charge < -0.3 is 10.3 Å². The quantitative estimate of drug-likeness (QED) is 0.467. The minimum absolute atomic E-state index is 0.192. The topological polar surface area (TPSA) is 79.5 Å². The number of pyridine rings is 1. The van der Waals surface area contributed by atoms with Crippen LogP contribution in [0.2, 0.25) is 0 Å². The Morgan fingerprint density at radius 2 is 2.06 bits per heavy atom. The van der Waals surface area contributed by atoms with Gasteiger partial charge in [0.2, 0.25) is 0 Å². The standard InChI is InChI=1S/C12H17NO4/c1-3-4-5-6-9(14)11-10(15)7-8(2)13(17)12(11)16/h7,15,17H,3-6H2,1-2H3. The van der Waals surface area contributed by atoms with Gasteiger partial charge in [0.15, 0.2) is 5.78 Å². The van der Waals surface area contributed by atoms with Gasteiger partial charge in [-0.2, -0.15) is 4.73 Å². The van der Waals surface area contributed by atoms with Crippen LogP contribution in [0.25, 0.3) is 0 Å². The zero-order valence-corrected chi connectivity index (χ0v) is 10.1. The second kappa shape index (κ2) is 5.52. The van der Waals surface area contributed by atoms with E-state index in [4.69, 9.17) is 0 Å². The Labute approximate surface area is 99.3 Å². The molecule has 1 aromatic heterocycles. The molecule has 5 heteroatoms. The van der Waals surface area contributed by atoms with Gasteiger partial charge in [-0.1, -0.05) is 19.8 Å². The first-order valence-corrected chi connectivity index (χ1v) is 5.67. The molecule has 0 fully saturated rings. The molecule has 94 valence electrons. The molecule has 0 unspecified atom stereocenters. The molecule has 0 saturated carbocycles. The fourth-order valence-corrected chi connectivity index (χ4v) is 1.63. The van der Waals surface area contributed by atoms with Gasteiger partial charge in [0, 0.05) is 12.5 Å². The summed E-state index contributed by atoms with van der Waals surface area (Å²) in [7, 11) is 0. The molecule has 1 rings (SSSR count). The third-order valence-corrected chi connectivity index (χ3v) is 2.63. The van der Waals surface area contributed by atoms with Crippen molar-refractivity contribution in [3.8, 4) is 5.75 Å². The predicted octanol–water partition coefficient (Wildman–Crippen LogP) is 1.86. The van der Waals surface area contributed by atoms with Crippen LogP contribution in [0.1, 0.15) is 48.7 Å². The summed E-state index contributed by atoms with van der Waals surface area (Å²) in [5, 5.41) is 19.0. The first-order valence-electron chi connectivity index (χ1n) is 5.67. The molecular weight excluding hydrogens is 222 g/mol. The van der Waals surface area contributed by atoms with Crippen molar-refractivity contribution >= 4 is 5.78 Å². The molecule has 5 nitrogen and oxygen atoms in total. The number of ketones is 1. The lowest BCUT2D eigenvalue weighted by Gasteiger charge is -2.07. The van der Waals surface area contributed by atoms with Crippen LogP contribution in [0, 0.1) is 6.92 Å². The van der Waals surface area contributed by atoms with Crippen molar-refractivity contribution in [1.29, 1.82) is 0 Å². The highest BCUT2D eigenvalue weighted by Crippen LogP contribution is 2.17. The largest absolute Gasteiger partial charge is 0.507 e. The van der Waals surface area contributed by atoms with Crippen molar-refractivity contribution < 1.29 is 15.1 Å². The number of aromatic hydroxyl groups is 1. The average molecular weight is 239 g/mol. The van der Waals surface area contributed by atoms with Crippen LogP contribution in [0.15, 0.2) is 10.9 Å². The van der Waals surface area contributed by atoms with E-state index >= 15 is 0 Å². The summed E-state index contributed by atoms with van der Waals surface area (Å²) in [5.74, 6) is -0.789. The molecule has 0 saturated heterocycles. The number of carbonyl (C=O) groups is 1. The van der Waals surface area contributed by atoms with Gasteiger partial charge in [0.1, 0.15) is 11.3 Å². The molecule has 1 aromatic rings. The summed E-state index contributed by atoms with van der Waals surface area (Å²) in [4.78, 5) is 23.4. The molecule has 0 amide bonds. The lowest BCUT2D eigenvalue weighted by atomic mass is 10.1. The molecule has 0 aliphatic carbocycles. The van der Waals surface area contributed by atoms with Gasteiger partial charge in [0.25, 0.3) is 5.56 Å². The number of nitrogens with zero attached hydrogens (tertiary/aromatic N) is 1. The first kappa shape index (κ1) is 13.3. The molecule has 0 aromatic carbocycles. The van der Waals surface area contributed by atoms with Gasteiger partial charge in [-0.25, -0.2) is 0 Å². The Balaban J connectivity index is 3.02. The number of hydrogen-bond acceptors (Lipinski definition) is 4. The fraction of sp³-hybridized carbons (Fsp3) is 0.500. The molecule has 0 bridgehead atoms. The van der Waals surface area contributed by atoms with E-state index in [1.54, 1.807) is 0 Å². The number of aromatic nitrogens is 1. The zero-order valence-electron chi connectivity index (χ0n) is 10.1. The monoisotopic (exact) mass is 239 g/mol. The molecule has 17 heavy (non-hydrogen) atoms. The van der Waals surface area contributed by atoms with Crippen LogP contribution in [-0.2, 0) is 0 Å². The lowest BCUT2D eigenvalue weighted by Crippen LogP contribution is -2.26. The summed E-state index contributed by atoms with van der Waals surface area (Å²) in [6, 6.07) is 1.20. The maximum atomic E-state index is 11.7. The van der Waals surface area contributed by atoms with Crippen molar-refractivity contribution in [2.24, 2.45) is 0 Å². The minimum Gasteiger partial charge on any atom is -0.507 e. The first-order chi connectivity index (χ1) is 7.99. The van der Waals surface area contributed by atoms with Crippen molar-refractivity contribution in [2.75, 3.05) is 0 Å². The Morgan fingerprint density at radius 3 is 2.65 bits per heavy atom. The van der Waals surface area contributed by atoms with Crippen molar-refractivity contribution in [3.63, 3.8) is 0 Å². The molecule has 0 aliphatic rings. The molecule has 0 spiro atoms. The van der Waals surface area contributed by atoms with Gasteiger partial charge in [0.05, 0.1) is 5.69 Å². The van der Waals surface area contributed by atoms with E-state index in [0.29, 0.717) is 11.2 Å². The normalized spacial score (nSPS) is 10.5.